The highest BCUT2D eigenvalue weighted by atomic mass is 16.2. The van der Waals surface area contributed by atoms with Gasteiger partial charge in [0.1, 0.15) is 0 Å². The molecule has 2 rings (SSSR count). The van der Waals surface area contributed by atoms with Crippen molar-refractivity contribution >= 4 is 5.91 Å². The van der Waals surface area contributed by atoms with E-state index in [9.17, 15) is 4.79 Å². The summed E-state index contributed by atoms with van der Waals surface area (Å²) in [6.07, 6.45) is 7.28. The van der Waals surface area contributed by atoms with Gasteiger partial charge in [-0.3, -0.25) is 4.79 Å². The number of carbonyl (C=O) groups excluding carboxylic acids is 1. The van der Waals surface area contributed by atoms with E-state index in [1.165, 1.54) is 32.1 Å². The lowest BCUT2D eigenvalue weighted by atomic mass is 9.85. The van der Waals surface area contributed by atoms with Crippen molar-refractivity contribution in [1.82, 2.24) is 4.90 Å². The normalized spacial score (nSPS) is 31.2. The number of hydrogen-bond acceptors (Lipinski definition) is 2. The van der Waals surface area contributed by atoms with E-state index >= 15 is 0 Å². The molecule has 1 aliphatic carbocycles. The Labute approximate surface area is 98.4 Å². The van der Waals surface area contributed by atoms with Gasteiger partial charge in [-0.25, -0.2) is 0 Å². The van der Waals surface area contributed by atoms with E-state index in [-0.39, 0.29) is 5.92 Å². The molecule has 2 fully saturated rings. The third-order valence-corrected chi connectivity index (χ3v) is 4.31. The van der Waals surface area contributed by atoms with Crippen LogP contribution in [0.1, 0.15) is 45.4 Å². The van der Waals surface area contributed by atoms with E-state index in [4.69, 9.17) is 5.73 Å². The fourth-order valence-corrected chi connectivity index (χ4v) is 3.34. The molecule has 0 bridgehead atoms. The number of rotatable bonds is 3. The van der Waals surface area contributed by atoms with Gasteiger partial charge in [0.05, 0.1) is 0 Å². The standard InChI is InChI=1S/C13H24N2O/c1-10(6-8-14)13(16)15-9-7-11-4-2-3-5-12(11)15/h10-12H,2-9,14H2,1H3. The third kappa shape index (κ3) is 2.24. The largest absolute Gasteiger partial charge is 0.339 e. The van der Waals surface area contributed by atoms with Gasteiger partial charge in [0.15, 0.2) is 0 Å². The van der Waals surface area contributed by atoms with Gasteiger partial charge in [0, 0.05) is 18.5 Å². The van der Waals surface area contributed by atoms with Crippen LogP contribution in [0.3, 0.4) is 0 Å². The summed E-state index contributed by atoms with van der Waals surface area (Å²) in [5.41, 5.74) is 5.53. The van der Waals surface area contributed by atoms with Crippen molar-refractivity contribution in [3.05, 3.63) is 0 Å². The third-order valence-electron chi connectivity index (χ3n) is 4.31. The highest BCUT2D eigenvalue weighted by Crippen LogP contribution is 2.36. The monoisotopic (exact) mass is 224 g/mol. The molecule has 3 heteroatoms. The Bertz CT molecular complexity index is 254. The number of nitrogens with zero attached hydrogens (tertiary/aromatic N) is 1. The minimum atomic E-state index is 0.116. The van der Waals surface area contributed by atoms with Crippen LogP contribution < -0.4 is 5.73 Å². The molecule has 1 amide bonds. The Morgan fingerprint density at radius 1 is 1.38 bits per heavy atom. The van der Waals surface area contributed by atoms with E-state index in [2.05, 4.69) is 4.90 Å². The molecule has 0 aromatic carbocycles. The van der Waals surface area contributed by atoms with Crippen LogP contribution in [0.25, 0.3) is 0 Å². The topological polar surface area (TPSA) is 46.3 Å². The molecule has 16 heavy (non-hydrogen) atoms. The van der Waals surface area contributed by atoms with Gasteiger partial charge in [-0.1, -0.05) is 19.8 Å². The van der Waals surface area contributed by atoms with Crippen molar-refractivity contribution in [3.63, 3.8) is 0 Å². The summed E-state index contributed by atoms with van der Waals surface area (Å²) in [5, 5.41) is 0. The van der Waals surface area contributed by atoms with Crippen LogP contribution in [0.5, 0.6) is 0 Å². The molecule has 92 valence electrons. The van der Waals surface area contributed by atoms with Crippen molar-refractivity contribution in [3.8, 4) is 0 Å². The van der Waals surface area contributed by atoms with Crippen molar-refractivity contribution < 1.29 is 4.79 Å². The molecular formula is C13H24N2O. The minimum absolute atomic E-state index is 0.116. The molecule has 3 atom stereocenters. The lowest BCUT2D eigenvalue weighted by Gasteiger charge is -2.33. The number of amides is 1. The second-order valence-corrected chi connectivity index (χ2v) is 5.41. The zero-order valence-corrected chi connectivity index (χ0v) is 10.3. The smallest absolute Gasteiger partial charge is 0.225 e. The van der Waals surface area contributed by atoms with E-state index in [0.29, 0.717) is 18.5 Å². The van der Waals surface area contributed by atoms with Crippen LogP contribution in [0, 0.1) is 11.8 Å². The maximum atomic E-state index is 12.3. The summed E-state index contributed by atoms with van der Waals surface area (Å²) in [5.74, 6) is 1.26. The number of fused-ring (bicyclic) bond motifs is 1. The van der Waals surface area contributed by atoms with Crippen LogP contribution in [-0.4, -0.2) is 29.9 Å². The van der Waals surface area contributed by atoms with Gasteiger partial charge in [0.2, 0.25) is 5.91 Å². The Morgan fingerprint density at radius 3 is 2.88 bits per heavy atom. The Kier molecular flexibility index (Phi) is 3.85. The van der Waals surface area contributed by atoms with Crippen LogP contribution in [-0.2, 0) is 4.79 Å². The molecule has 1 saturated heterocycles. The Morgan fingerprint density at radius 2 is 2.12 bits per heavy atom. The van der Waals surface area contributed by atoms with Gasteiger partial charge in [-0.05, 0) is 38.1 Å². The number of nitrogens with two attached hydrogens (primary N) is 1. The maximum absolute atomic E-state index is 12.3. The molecule has 2 N–H and O–H groups in total. The molecule has 2 aliphatic rings. The average molecular weight is 224 g/mol. The maximum Gasteiger partial charge on any atom is 0.225 e. The molecule has 1 aliphatic heterocycles. The Balaban J connectivity index is 1.96. The summed E-state index contributed by atoms with van der Waals surface area (Å²) < 4.78 is 0. The first kappa shape index (κ1) is 11.9. The second-order valence-electron chi connectivity index (χ2n) is 5.41. The fraction of sp³-hybridized carbons (Fsp3) is 0.923. The van der Waals surface area contributed by atoms with Crippen LogP contribution in [0.4, 0.5) is 0 Å². The van der Waals surface area contributed by atoms with Gasteiger partial charge in [-0.2, -0.15) is 0 Å². The summed E-state index contributed by atoms with van der Waals surface area (Å²) >= 11 is 0. The van der Waals surface area contributed by atoms with Crippen LogP contribution >= 0.6 is 0 Å². The predicted molar refractivity (Wildman–Crippen MR) is 64.9 cm³/mol. The Hall–Kier alpha value is -0.570. The van der Waals surface area contributed by atoms with Crippen LogP contribution in [0.15, 0.2) is 0 Å². The van der Waals surface area contributed by atoms with E-state index < -0.39 is 0 Å². The molecule has 0 spiro atoms. The minimum Gasteiger partial charge on any atom is -0.339 e. The summed E-state index contributed by atoms with van der Waals surface area (Å²) in [7, 11) is 0. The van der Waals surface area contributed by atoms with E-state index in [1.807, 2.05) is 6.92 Å². The van der Waals surface area contributed by atoms with Crippen molar-refractivity contribution in [2.24, 2.45) is 17.6 Å². The highest BCUT2D eigenvalue weighted by molar-refractivity contribution is 5.79. The summed E-state index contributed by atoms with van der Waals surface area (Å²) in [6, 6.07) is 0.557. The lowest BCUT2D eigenvalue weighted by Crippen LogP contribution is -2.42. The zero-order valence-electron chi connectivity index (χ0n) is 10.3. The summed E-state index contributed by atoms with van der Waals surface area (Å²) in [6.45, 7) is 3.63. The van der Waals surface area contributed by atoms with E-state index in [1.54, 1.807) is 0 Å². The second kappa shape index (κ2) is 5.17. The first-order chi connectivity index (χ1) is 7.74. The predicted octanol–water partition coefficient (Wildman–Crippen LogP) is 1.76. The molecular weight excluding hydrogens is 200 g/mol. The zero-order chi connectivity index (χ0) is 11.5. The first-order valence-corrected chi connectivity index (χ1v) is 6.74. The first-order valence-electron chi connectivity index (χ1n) is 6.74. The molecule has 1 heterocycles. The number of likely N-dealkylation sites (tertiary alicyclic amines) is 1. The lowest BCUT2D eigenvalue weighted by molar-refractivity contribution is -0.136. The SMILES string of the molecule is CC(CCN)C(=O)N1CCC2CCCCC21. The fourth-order valence-electron chi connectivity index (χ4n) is 3.34. The number of hydrogen-bond donors (Lipinski definition) is 1. The van der Waals surface area contributed by atoms with Crippen molar-refractivity contribution in [1.29, 1.82) is 0 Å². The molecule has 0 radical (unpaired) electrons. The van der Waals surface area contributed by atoms with Gasteiger partial charge >= 0.3 is 0 Å². The molecule has 0 aromatic rings. The molecule has 3 nitrogen and oxygen atoms in total. The summed E-state index contributed by atoms with van der Waals surface area (Å²) in [4.78, 5) is 14.4. The quantitative estimate of drug-likeness (QED) is 0.794. The molecule has 1 saturated carbocycles. The van der Waals surface area contributed by atoms with E-state index in [0.717, 1.165) is 18.9 Å². The molecule has 3 unspecified atom stereocenters. The average Bonchev–Trinajstić information content (AvgIpc) is 2.72. The van der Waals surface area contributed by atoms with Gasteiger partial charge in [0.25, 0.3) is 0 Å². The van der Waals surface area contributed by atoms with Gasteiger partial charge < -0.3 is 10.6 Å². The molecule has 0 aromatic heterocycles. The van der Waals surface area contributed by atoms with Gasteiger partial charge in [-0.15, -0.1) is 0 Å². The highest BCUT2D eigenvalue weighted by Gasteiger charge is 2.38. The van der Waals surface area contributed by atoms with Crippen molar-refractivity contribution in [2.45, 2.75) is 51.5 Å². The number of carbonyl (C=O) groups is 1. The van der Waals surface area contributed by atoms with Crippen molar-refractivity contribution in [2.75, 3.05) is 13.1 Å². The van der Waals surface area contributed by atoms with Crippen LogP contribution in [0.2, 0.25) is 0 Å².